The summed E-state index contributed by atoms with van der Waals surface area (Å²) in [5.74, 6) is 2.58. The Labute approximate surface area is 82.9 Å². The summed E-state index contributed by atoms with van der Waals surface area (Å²) >= 11 is 0. The van der Waals surface area contributed by atoms with E-state index in [0.29, 0.717) is 6.10 Å². The van der Waals surface area contributed by atoms with Crippen LogP contribution in [-0.2, 0) is 4.74 Å². The van der Waals surface area contributed by atoms with Gasteiger partial charge in [-0.1, -0.05) is 27.7 Å². The van der Waals surface area contributed by atoms with E-state index in [2.05, 4.69) is 27.7 Å². The largest absolute Gasteiger partial charge is 0.373 e. The van der Waals surface area contributed by atoms with Crippen molar-refractivity contribution in [3.8, 4) is 0 Å². The topological polar surface area (TPSA) is 12.5 Å². The molecule has 0 aromatic carbocycles. The van der Waals surface area contributed by atoms with Gasteiger partial charge < -0.3 is 4.74 Å². The summed E-state index contributed by atoms with van der Waals surface area (Å²) in [7, 11) is 0. The molecule has 1 heteroatoms. The van der Waals surface area contributed by atoms with Crippen LogP contribution >= 0.6 is 0 Å². The van der Waals surface area contributed by atoms with Crippen LogP contribution in [-0.4, -0.2) is 12.7 Å². The van der Waals surface area contributed by atoms with Crippen LogP contribution in [0.25, 0.3) is 0 Å². The normalized spacial score (nSPS) is 26.1. The molecule has 1 heterocycles. The number of ether oxygens (including phenoxy) is 1. The standard InChI is InChI=1S/C12H24O/c1-9(2)5-10(3)6-11(4)7-12-8-13-12/h9-12H,5-8H2,1-4H3. The zero-order valence-corrected chi connectivity index (χ0v) is 9.55. The molecule has 1 aliphatic rings. The van der Waals surface area contributed by atoms with Crippen LogP contribution in [0.5, 0.6) is 0 Å². The van der Waals surface area contributed by atoms with Crippen molar-refractivity contribution in [1.29, 1.82) is 0 Å². The maximum absolute atomic E-state index is 5.24. The van der Waals surface area contributed by atoms with Gasteiger partial charge in [0.2, 0.25) is 0 Å². The molecule has 0 amide bonds. The Morgan fingerprint density at radius 2 is 1.69 bits per heavy atom. The molecule has 1 nitrogen and oxygen atoms in total. The Balaban J connectivity index is 2.06. The Morgan fingerprint density at radius 1 is 1.08 bits per heavy atom. The highest BCUT2D eigenvalue weighted by molar-refractivity contribution is 4.73. The van der Waals surface area contributed by atoms with Crippen molar-refractivity contribution in [3.05, 3.63) is 0 Å². The van der Waals surface area contributed by atoms with Gasteiger partial charge in [0.05, 0.1) is 12.7 Å². The molecule has 3 unspecified atom stereocenters. The first-order valence-electron chi connectivity index (χ1n) is 5.69. The second-order valence-electron chi connectivity index (χ2n) is 5.27. The third-order valence-corrected chi connectivity index (χ3v) is 2.75. The molecule has 1 rings (SSSR count). The van der Waals surface area contributed by atoms with Crippen LogP contribution in [0.3, 0.4) is 0 Å². The Morgan fingerprint density at radius 3 is 2.15 bits per heavy atom. The monoisotopic (exact) mass is 184 g/mol. The average Bonchev–Trinajstić information content (AvgIpc) is 2.67. The van der Waals surface area contributed by atoms with Gasteiger partial charge >= 0.3 is 0 Å². The van der Waals surface area contributed by atoms with E-state index in [1.54, 1.807) is 0 Å². The SMILES string of the molecule is CC(C)CC(C)CC(C)CC1CO1. The average molecular weight is 184 g/mol. The van der Waals surface area contributed by atoms with Crippen LogP contribution in [0.1, 0.15) is 47.0 Å². The lowest BCUT2D eigenvalue weighted by Crippen LogP contribution is -2.08. The van der Waals surface area contributed by atoms with Crippen molar-refractivity contribution < 1.29 is 4.74 Å². The minimum atomic E-state index is 0.612. The van der Waals surface area contributed by atoms with E-state index in [9.17, 15) is 0 Å². The van der Waals surface area contributed by atoms with Gasteiger partial charge in [0.25, 0.3) is 0 Å². The zero-order chi connectivity index (χ0) is 9.84. The molecule has 0 aromatic rings. The van der Waals surface area contributed by atoms with Crippen molar-refractivity contribution in [2.75, 3.05) is 6.61 Å². The van der Waals surface area contributed by atoms with Crippen LogP contribution in [0.4, 0.5) is 0 Å². The summed E-state index contributed by atoms with van der Waals surface area (Å²) in [4.78, 5) is 0. The molecular formula is C12H24O. The predicted molar refractivity (Wildman–Crippen MR) is 56.8 cm³/mol. The van der Waals surface area contributed by atoms with E-state index in [-0.39, 0.29) is 0 Å². The molecule has 1 aliphatic heterocycles. The molecule has 0 saturated carbocycles. The van der Waals surface area contributed by atoms with Crippen LogP contribution in [0, 0.1) is 17.8 Å². The van der Waals surface area contributed by atoms with Crippen molar-refractivity contribution in [1.82, 2.24) is 0 Å². The Bertz CT molecular complexity index is 130. The van der Waals surface area contributed by atoms with Gasteiger partial charge in [0, 0.05) is 0 Å². The molecule has 0 radical (unpaired) electrons. The highest BCUT2D eigenvalue weighted by atomic mass is 16.6. The van der Waals surface area contributed by atoms with Crippen LogP contribution in [0.2, 0.25) is 0 Å². The maximum atomic E-state index is 5.24. The summed E-state index contributed by atoms with van der Waals surface area (Å²) in [5, 5.41) is 0. The van der Waals surface area contributed by atoms with Gasteiger partial charge in [-0.3, -0.25) is 0 Å². The fourth-order valence-corrected chi connectivity index (χ4v) is 2.34. The van der Waals surface area contributed by atoms with Gasteiger partial charge in [-0.25, -0.2) is 0 Å². The molecule has 0 spiro atoms. The quantitative estimate of drug-likeness (QED) is 0.576. The van der Waals surface area contributed by atoms with Gasteiger partial charge in [-0.2, -0.15) is 0 Å². The molecule has 0 bridgehead atoms. The number of hydrogen-bond donors (Lipinski definition) is 0. The first-order valence-corrected chi connectivity index (χ1v) is 5.69. The van der Waals surface area contributed by atoms with Crippen molar-refractivity contribution in [2.45, 2.75) is 53.1 Å². The van der Waals surface area contributed by atoms with Gasteiger partial charge in [-0.15, -0.1) is 0 Å². The number of epoxide rings is 1. The fraction of sp³-hybridized carbons (Fsp3) is 1.00. The fourth-order valence-electron chi connectivity index (χ4n) is 2.34. The van der Waals surface area contributed by atoms with Gasteiger partial charge in [0.1, 0.15) is 0 Å². The van der Waals surface area contributed by atoms with E-state index in [1.165, 1.54) is 19.3 Å². The van der Waals surface area contributed by atoms with Crippen LogP contribution < -0.4 is 0 Å². The lowest BCUT2D eigenvalue weighted by atomic mass is 9.88. The highest BCUT2D eigenvalue weighted by Gasteiger charge is 2.25. The lowest BCUT2D eigenvalue weighted by Gasteiger charge is -2.18. The molecule has 78 valence electrons. The smallest absolute Gasteiger partial charge is 0.0812 e. The third kappa shape index (κ3) is 5.30. The van der Waals surface area contributed by atoms with Crippen LogP contribution in [0.15, 0.2) is 0 Å². The third-order valence-electron chi connectivity index (χ3n) is 2.75. The molecule has 3 atom stereocenters. The van der Waals surface area contributed by atoms with E-state index < -0.39 is 0 Å². The Kier molecular flexibility index (Phi) is 4.24. The van der Waals surface area contributed by atoms with Gasteiger partial charge in [0.15, 0.2) is 0 Å². The molecule has 1 saturated heterocycles. The van der Waals surface area contributed by atoms with Crippen molar-refractivity contribution in [2.24, 2.45) is 17.8 Å². The van der Waals surface area contributed by atoms with Crippen molar-refractivity contribution in [3.63, 3.8) is 0 Å². The first kappa shape index (κ1) is 11.0. The van der Waals surface area contributed by atoms with E-state index >= 15 is 0 Å². The molecule has 0 aliphatic carbocycles. The minimum Gasteiger partial charge on any atom is -0.373 e. The summed E-state index contributed by atoms with van der Waals surface area (Å²) < 4.78 is 5.24. The molecule has 0 N–H and O–H groups in total. The lowest BCUT2D eigenvalue weighted by molar-refractivity contribution is 0.308. The highest BCUT2D eigenvalue weighted by Crippen LogP contribution is 2.26. The van der Waals surface area contributed by atoms with E-state index in [4.69, 9.17) is 4.74 Å². The summed E-state index contributed by atoms with van der Waals surface area (Å²) in [5.41, 5.74) is 0. The zero-order valence-electron chi connectivity index (χ0n) is 9.55. The number of hydrogen-bond acceptors (Lipinski definition) is 1. The Hall–Kier alpha value is -0.0400. The summed E-state index contributed by atoms with van der Waals surface area (Å²) in [6, 6.07) is 0. The minimum absolute atomic E-state index is 0.612. The summed E-state index contributed by atoms with van der Waals surface area (Å²) in [6.07, 6.45) is 4.64. The number of rotatable bonds is 6. The maximum Gasteiger partial charge on any atom is 0.0812 e. The van der Waals surface area contributed by atoms with Gasteiger partial charge in [-0.05, 0) is 37.0 Å². The first-order chi connectivity index (χ1) is 6.08. The van der Waals surface area contributed by atoms with E-state index in [0.717, 1.165) is 24.4 Å². The molecule has 1 fully saturated rings. The molecular weight excluding hydrogens is 160 g/mol. The second kappa shape index (κ2) is 4.99. The van der Waals surface area contributed by atoms with Crippen molar-refractivity contribution >= 4 is 0 Å². The summed E-state index contributed by atoms with van der Waals surface area (Å²) in [6.45, 7) is 10.4. The molecule has 0 aromatic heterocycles. The molecule has 13 heavy (non-hydrogen) atoms. The predicted octanol–water partition coefficient (Wildman–Crippen LogP) is 3.48. The van der Waals surface area contributed by atoms with E-state index in [1.807, 2.05) is 0 Å². The second-order valence-corrected chi connectivity index (χ2v) is 5.27.